The Hall–Kier alpha value is -1.35. The van der Waals surface area contributed by atoms with Crippen LogP contribution in [0.2, 0.25) is 0 Å². The van der Waals surface area contributed by atoms with Gasteiger partial charge >= 0.3 is 0 Å². The van der Waals surface area contributed by atoms with E-state index in [1.54, 1.807) is 0 Å². The normalized spacial score (nSPS) is 29.9. The first-order valence-corrected chi connectivity index (χ1v) is 7.51. The van der Waals surface area contributed by atoms with Crippen molar-refractivity contribution in [2.75, 3.05) is 0 Å². The Labute approximate surface area is 120 Å². The van der Waals surface area contributed by atoms with E-state index in [1.165, 1.54) is 0 Å². The predicted octanol–water partition coefficient (Wildman–Crippen LogP) is 2.38. The highest BCUT2D eigenvalue weighted by Gasteiger charge is 2.52. The molecule has 1 amide bonds. The molecule has 0 spiro atoms. The van der Waals surface area contributed by atoms with Crippen molar-refractivity contribution in [1.82, 2.24) is 5.32 Å². The van der Waals surface area contributed by atoms with E-state index < -0.39 is 0 Å². The van der Waals surface area contributed by atoms with E-state index in [2.05, 4.69) is 17.4 Å². The second-order valence-electron chi connectivity index (χ2n) is 6.90. The summed E-state index contributed by atoms with van der Waals surface area (Å²) in [4.78, 5) is 12.8. The molecule has 2 atom stereocenters. The number of aliphatic hydroxyl groups is 1. The van der Waals surface area contributed by atoms with Gasteiger partial charge in [-0.3, -0.25) is 4.79 Å². The molecule has 0 heterocycles. The Kier molecular flexibility index (Phi) is 3.13. The molecule has 2 unspecified atom stereocenters. The number of benzene rings is 1. The van der Waals surface area contributed by atoms with E-state index in [4.69, 9.17) is 0 Å². The van der Waals surface area contributed by atoms with Gasteiger partial charge in [-0.2, -0.15) is 0 Å². The first-order valence-electron chi connectivity index (χ1n) is 7.51. The van der Waals surface area contributed by atoms with Gasteiger partial charge in [0.05, 0.1) is 11.5 Å². The van der Waals surface area contributed by atoms with Gasteiger partial charge in [-0.05, 0) is 24.8 Å². The standard InChI is InChI=1S/C17H23NO2/c1-16(2)13(11-14(16)19)18-15(20)17(9-6-10-17)12-7-4-3-5-8-12/h3-5,7-8,13-14,19H,6,9-11H2,1-2H3,(H,18,20). The Bertz CT molecular complexity index is 505. The number of aliphatic hydroxyl groups excluding tert-OH is 1. The summed E-state index contributed by atoms with van der Waals surface area (Å²) in [5.74, 6) is 0.139. The van der Waals surface area contributed by atoms with E-state index in [1.807, 2.05) is 32.0 Å². The molecule has 2 aliphatic carbocycles. The minimum Gasteiger partial charge on any atom is -0.392 e. The van der Waals surface area contributed by atoms with Gasteiger partial charge in [-0.1, -0.05) is 50.6 Å². The summed E-state index contributed by atoms with van der Waals surface area (Å²) in [5, 5.41) is 13.0. The van der Waals surface area contributed by atoms with Crippen LogP contribution in [0.25, 0.3) is 0 Å². The summed E-state index contributed by atoms with van der Waals surface area (Å²) < 4.78 is 0. The molecule has 0 saturated heterocycles. The van der Waals surface area contributed by atoms with Crippen LogP contribution in [-0.2, 0) is 10.2 Å². The van der Waals surface area contributed by atoms with Gasteiger partial charge in [0.15, 0.2) is 0 Å². The minimum atomic E-state index is -0.335. The molecule has 0 aromatic heterocycles. The highest BCUT2D eigenvalue weighted by Crippen LogP contribution is 2.46. The molecule has 0 radical (unpaired) electrons. The second-order valence-corrected chi connectivity index (χ2v) is 6.90. The SMILES string of the molecule is CC1(C)C(O)CC1NC(=O)C1(c2ccccc2)CCC1. The van der Waals surface area contributed by atoms with E-state index >= 15 is 0 Å². The monoisotopic (exact) mass is 273 g/mol. The van der Waals surface area contributed by atoms with Crippen LogP contribution in [0.5, 0.6) is 0 Å². The van der Waals surface area contributed by atoms with E-state index in [0.717, 1.165) is 24.8 Å². The number of hydrogen-bond donors (Lipinski definition) is 2. The van der Waals surface area contributed by atoms with Crippen molar-refractivity contribution in [3.63, 3.8) is 0 Å². The Balaban J connectivity index is 1.76. The average Bonchev–Trinajstić information content (AvgIpc) is 2.38. The zero-order valence-electron chi connectivity index (χ0n) is 12.2. The van der Waals surface area contributed by atoms with Crippen molar-refractivity contribution in [3.05, 3.63) is 35.9 Å². The lowest BCUT2D eigenvalue weighted by molar-refractivity contribution is -0.137. The molecular formula is C17H23NO2. The molecule has 2 N–H and O–H groups in total. The van der Waals surface area contributed by atoms with Crippen LogP contribution in [0, 0.1) is 5.41 Å². The smallest absolute Gasteiger partial charge is 0.230 e. The van der Waals surface area contributed by atoms with Crippen LogP contribution in [0.1, 0.15) is 45.1 Å². The van der Waals surface area contributed by atoms with Crippen molar-refractivity contribution in [1.29, 1.82) is 0 Å². The third-order valence-electron chi connectivity index (χ3n) is 5.49. The Morgan fingerprint density at radius 3 is 2.35 bits per heavy atom. The van der Waals surface area contributed by atoms with Crippen molar-refractivity contribution in [3.8, 4) is 0 Å². The van der Waals surface area contributed by atoms with Gasteiger partial charge in [-0.25, -0.2) is 0 Å². The molecule has 3 rings (SSSR count). The lowest BCUT2D eigenvalue weighted by Crippen LogP contribution is -2.64. The third kappa shape index (κ3) is 1.87. The summed E-state index contributed by atoms with van der Waals surface area (Å²) in [6.07, 6.45) is 3.33. The first kappa shape index (κ1) is 13.6. The molecule has 2 saturated carbocycles. The van der Waals surface area contributed by atoms with Gasteiger partial charge in [0.1, 0.15) is 0 Å². The third-order valence-corrected chi connectivity index (χ3v) is 5.49. The number of rotatable bonds is 3. The quantitative estimate of drug-likeness (QED) is 0.888. The van der Waals surface area contributed by atoms with E-state index in [0.29, 0.717) is 6.42 Å². The highest BCUT2D eigenvalue weighted by atomic mass is 16.3. The maximum atomic E-state index is 12.8. The number of carbonyl (C=O) groups excluding carboxylic acids is 1. The Morgan fingerprint density at radius 1 is 1.25 bits per heavy atom. The van der Waals surface area contributed by atoms with Crippen molar-refractivity contribution >= 4 is 5.91 Å². The summed E-state index contributed by atoms with van der Waals surface area (Å²) in [7, 11) is 0. The molecule has 0 aliphatic heterocycles. The van der Waals surface area contributed by atoms with Gasteiger partial charge in [-0.15, -0.1) is 0 Å². The zero-order chi connectivity index (χ0) is 14.4. The van der Waals surface area contributed by atoms with Crippen molar-refractivity contribution in [2.24, 2.45) is 5.41 Å². The van der Waals surface area contributed by atoms with Crippen LogP contribution >= 0.6 is 0 Å². The summed E-state index contributed by atoms with van der Waals surface area (Å²) in [6, 6.07) is 10.2. The number of amides is 1. The number of carbonyl (C=O) groups is 1. The molecule has 108 valence electrons. The van der Waals surface area contributed by atoms with E-state index in [-0.39, 0.29) is 28.9 Å². The second kappa shape index (κ2) is 4.59. The van der Waals surface area contributed by atoms with Gasteiger partial charge in [0, 0.05) is 11.5 Å². The minimum absolute atomic E-state index is 0.0891. The van der Waals surface area contributed by atoms with Crippen LogP contribution in [0.3, 0.4) is 0 Å². The van der Waals surface area contributed by atoms with Crippen LogP contribution in [0.4, 0.5) is 0 Å². The van der Waals surface area contributed by atoms with E-state index in [9.17, 15) is 9.90 Å². The molecule has 2 aliphatic rings. The first-order chi connectivity index (χ1) is 9.47. The van der Waals surface area contributed by atoms with Crippen molar-refractivity contribution in [2.45, 2.75) is 57.1 Å². The Morgan fingerprint density at radius 2 is 1.90 bits per heavy atom. The molecule has 1 aromatic rings. The zero-order valence-corrected chi connectivity index (χ0v) is 12.2. The molecule has 3 heteroatoms. The molecular weight excluding hydrogens is 250 g/mol. The van der Waals surface area contributed by atoms with Crippen molar-refractivity contribution < 1.29 is 9.90 Å². The van der Waals surface area contributed by atoms with Gasteiger partial charge in [0.25, 0.3) is 0 Å². The number of hydrogen-bond acceptors (Lipinski definition) is 2. The highest BCUT2D eigenvalue weighted by molar-refractivity contribution is 5.89. The molecule has 20 heavy (non-hydrogen) atoms. The lowest BCUT2D eigenvalue weighted by atomic mass is 9.61. The van der Waals surface area contributed by atoms with Gasteiger partial charge in [0.2, 0.25) is 5.91 Å². The van der Waals surface area contributed by atoms with Crippen LogP contribution < -0.4 is 5.32 Å². The van der Waals surface area contributed by atoms with Crippen LogP contribution in [-0.4, -0.2) is 23.2 Å². The number of nitrogens with one attached hydrogen (secondary N) is 1. The largest absolute Gasteiger partial charge is 0.392 e. The fourth-order valence-electron chi connectivity index (χ4n) is 3.38. The molecule has 2 fully saturated rings. The molecule has 0 bridgehead atoms. The summed E-state index contributed by atoms with van der Waals surface area (Å²) >= 11 is 0. The fraction of sp³-hybridized carbons (Fsp3) is 0.588. The summed E-state index contributed by atoms with van der Waals surface area (Å²) in [6.45, 7) is 4.03. The summed E-state index contributed by atoms with van der Waals surface area (Å²) in [5.41, 5.74) is 0.580. The lowest BCUT2D eigenvalue weighted by Gasteiger charge is -2.51. The van der Waals surface area contributed by atoms with Gasteiger partial charge < -0.3 is 10.4 Å². The molecule has 3 nitrogen and oxygen atoms in total. The predicted molar refractivity (Wildman–Crippen MR) is 78.3 cm³/mol. The van der Waals surface area contributed by atoms with Crippen LogP contribution in [0.15, 0.2) is 30.3 Å². The molecule has 1 aromatic carbocycles. The topological polar surface area (TPSA) is 49.3 Å². The maximum absolute atomic E-state index is 12.8. The maximum Gasteiger partial charge on any atom is 0.230 e. The fourth-order valence-corrected chi connectivity index (χ4v) is 3.38. The average molecular weight is 273 g/mol.